The highest BCUT2D eigenvalue weighted by Gasteiger charge is 2.36. The smallest absolute Gasteiger partial charge is 0.247 e. The van der Waals surface area contributed by atoms with Gasteiger partial charge in [-0.3, -0.25) is 19.3 Å². The predicted molar refractivity (Wildman–Crippen MR) is 122 cm³/mol. The minimum atomic E-state index is -3.67. The molecule has 10 heteroatoms. The van der Waals surface area contributed by atoms with Gasteiger partial charge in [0.15, 0.2) is 5.78 Å². The van der Waals surface area contributed by atoms with Crippen molar-refractivity contribution in [2.75, 3.05) is 25.2 Å². The molecule has 0 spiro atoms. The van der Waals surface area contributed by atoms with Crippen LogP contribution in [-0.4, -0.2) is 61.1 Å². The molecule has 1 fully saturated rings. The van der Waals surface area contributed by atoms with E-state index >= 15 is 0 Å². The predicted octanol–water partition coefficient (Wildman–Crippen LogP) is 2.60. The van der Waals surface area contributed by atoms with E-state index in [1.54, 1.807) is 40.7 Å². The van der Waals surface area contributed by atoms with E-state index in [1.165, 1.54) is 49.0 Å². The summed E-state index contributed by atoms with van der Waals surface area (Å²) >= 11 is 1.22. The molecule has 0 aliphatic carbocycles. The molecule has 1 aromatic rings. The van der Waals surface area contributed by atoms with Crippen molar-refractivity contribution in [2.45, 2.75) is 45.6 Å². The number of nitrogens with one attached hydrogen (secondary N) is 1. The van der Waals surface area contributed by atoms with Crippen LogP contribution in [0.1, 0.15) is 33.3 Å². The molecule has 0 bridgehead atoms. The van der Waals surface area contributed by atoms with E-state index in [0.717, 1.165) is 4.31 Å². The monoisotopic (exact) mass is 467 g/mol. The highest BCUT2D eigenvalue weighted by molar-refractivity contribution is 8.04. The Kier molecular flexibility index (Phi) is 7.39. The molecule has 1 heterocycles. The van der Waals surface area contributed by atoms with Crippen molar-refractivity contribution in [1.29, 1.82) is 0 Å². The number of aryl methyl sites for hydroxylation is 1. The Morgan fingerprint density at radius 1 is 1.26 bits per heavy atom. The van der Waals surface area contributed by atoms with Crippen LogP contribution in [0.5, 0.6) is 0 Å². The molecule has 0 radical (unpaired) electrons. The fraction of sp³-hybridized carbons (Fsp3) is 0.476. The Bertz CT molecular complexity index is 1040. The summed E-state index contributed by atoms with van der Waals surface area (Å²) in [4.78, 5) is 39.1. The molecule has 2 rings (SSSR count). The Balaban J connectivity index is 2.30. The molecule has 8 nitrogen and oxygen atoms in total. The van der Waals surface area contributed by atoms with Gasteiger partial charge < -0.3 is 5.32 Å². The third kappa shape index (κ3) is 5.55. The second kappa shape index (κ2) is 9.13. The summed E-state index contributed by atoms with van der Waals surface area (Å²) in [6.45, 7) is 8.67. The Morgan fingerprint density at radius 3 is 2.42 bits per heavy atom. The number of allylic oxidation sites excluding steroid dienone is 1. The van der Waals surface area contributed by atoms with Gasteiger partial charge in [0, 0.05) is 31.3 Å². The first-order chi connectivity index (χ1) is 14.2. The molecule has 0 aromatic heterocycles. The lowest BCUT2D eigenvalue weighted by Gasteiger charge is -2.25. The molecule has 1 atom stereocenters. The molecule has 1 saturated heterocycles. The van der Waals surface area contributed by atoms with Gasteiger partial charge in [0.05, 0.1) is 15.7 Å². The zero-order chi connectivity index (χ0) is 23.7. The number of nitrogens with zero attached hydrogens (tertiary/aromatic N) is 2. The number of anilines is 1. The topological polar surface area (TPSA) is 104 Å². The molecular formula is C21H29N3O5S2. The molecule has 1 aromatic carbocycles. The lowest BCUT2D eigenvalue weighted by Crippen LogP contribution is -2.42. The minimum absolute atomic E-state index is 0.0511. The molecule has 1 aliphatic rings. The number of amides is 2. The maximum atomic E-state index is 12.9. The van der Waals surface area contributed by atoms with Crippen LogP contribution in [0.15, 0.2) is 34.2 Å². The van der Waals surface area contributed by atoms with Gasteiger partial charge in [-0.15, -0.1) is 0 Å². The number of hydrogen-bond donors (Lipinski definition) is 1. The van der Waals surface area contributed by atoms with Gasteiger partial charge in [0.1, 0.15) is 6.04 Å². The van der Waals surface area contributed by atoms with Gasteiger partial charge in [-0.2, -0.15) is 0 Å². The summed E-state index contributed by atoms with van der Waals surface area (Å²) in [5, 5.41) is 3.16. The van der Waals surface area contributed by atoms with Crippen LogP contribution in [0.4, 0.5) is 5.69 Å². The minimum Gasteiger partial charge on any atom is -0.324 e. The number of benzene rings is 1. The van der Waals surface area contributed by atoms with Crippen molar-refractivity contribution in [3.8, 4) is 0 Å². The second-order valence-electron chi connectivity index (χ2n) is 8.58. The van der Waals surface area contributed by atoms with E-state index in [-0.39, 0.29) is 22.3 Å². The molecule has 2 amide bonds. The Hall–Kier alpha value is -2.17. The average molecular weight is 468 g/mol. The average Bonchev–Trinajstić information content (AvgIpc) is 3.01. The molecular weight excluding hydrogens is 438 g/mol. The summed E-state index contributed by atoms with van der Waals surface area (Å²) in [6.07, 6.45) is 1.41. The van der Waals surface area contributed by atoms with E-state index < -0.39 is 27.4 Å². The number of sulfonamides is 1. The number of carbonyl (C=O) groups is 3. The van der Waals surface area contributed by atoms with Crippen LogP contribution in [-0.2, 0) is 24.4 Å². The summed E-state index contributed by atoms with van der Waals surface area (Å²) in [6, 6.07) is 3.61. The number of rotatable bonds is 6. The highest BCUT2D eigenvalue weighted by atomic mass is 32.2. The normalized spacial score (nSPS) is 17.4. The van der Waals surface area contributed by atoms with Crippen molar-refractivity contribution < 1.29 is 22.8 Å². The summed E-state index contributed by atoms with van der Waals surface area (Å²) < 4.78 is 25.9. The summed E-state index contributed by atoms with van der Waals surface area (Å²) in [5.41, 5.74) is 0.417. The van der Waals surface area contributed by atoms with Crippen LogP contribution in [0.25, 0.3) is 0 Å². The Morgan fingerprint density at radius 2 is 1.87 bits per heavy atom. The van der Waals surface area contributed by atoms with Gasteiger partial charge in [-0.1, -0.05) is 38.6 Å². The molecule has 170 valence electrons. The maximum absolute atomic E-state index is 12.9. The quantitative estimate of drug-likeness (QED) is 0.645. The second-order valence-corrected chi connectivity index (χ2v) is 11.7. The van der Waals surface area contributed by atoms with Gasteiger partial charge in [0.25, 0.3) is 0 Å². The standard InChI is InChI=1S/C21H29N3O5S2/c1-13-8-9-15(31(28,29)23(6)7)10-16(13)22-20(27)14(2)24-18(26)12-30-19(24)11-17(25)21(3,4)5/h8-11,14H,12H2,1-7H3,(H,22,27)/b19-11-/t14-/m0/s1. The fourth-order valence-corrected chi connectivity index (χ4v) is 4.63. The van der Waals surface area contributed by atoms with Crippen LogP contribution >= 0.6 is 11.8 Å². The number of thioether (sulfide) groups is 1. The largest absolute Gasteiger partial charge is 0.324 e. The van der Waals surface area contributed by atoms with Crippen molar-refractivity contribution in [1.82, 2.24) is 9.21 Å². The first-order valence-electron chi connectivity index (χ1n) is 9.71. The van der Waals surface area contributed by atoms with E-state index in [2.05, 4.69) is 5.32 Å². The molecule has 31 heavy (non-hydrogen) atoms. The van der Waals surface area contributed by atoms with Gasteiger partial charge in [-0.05, 0) is 31.5 Å². The maximum Gasteiger partial charge on any atom is 0.247 e. The zero-order valence-electron chi connectivity index (χ0n) is 18.8. The van der Waals surface area contributed by atoms with Crippen LogP contribution in [0.2, 0.25) is 0 Å². The van der Waals surface area contributed by atoms with E-state index in [9.17, 15) is 22.8 Å². The van der Waals surface area contributed by atoms with Crippen molar-refractivity contribution in [3.05, 3.63) is 34.9 Å². The van der Waals surface area contributed by atoms with E-state index in [4.69, 9.17) is 0 Å². The molecule has 0 unspecified atom stereocenters. The van der Waals surface area contributed by atoms with Crippen molar-refractivity contribution in [3.63, 3.8) is 0 Å². The van der Waals surface area contributed by atoms with Crippen LogP contribution < -0.4 is 5.32 Å². The highest BCUT2D eigenvalue weighted by Crippen LogP contribution is 2.33. The lowest BCUT2D eigenvalue weighted by atomic mass is 9.91. The molecule has 1 N–H and O–H groups in total. The van der Waals surface area contributed by atoms with Crippen molar-refractivity contribution >= 4 is 45.1 Å². The molecule has 0 saturated carbocycles. The first kappa shape index (κ1) is 25.1. The first-order valence-corrected chi connectivity index (χ1v) is 12.1. The van der Waals surface area contributed by atoms with Crippen LogP contribution in [0.3, 0.4) is 0 Å². The summed E-state index contributed by atoms with van der Waals surface area (Å²) in [5.74, 6) is -0.732. The Labute approximate surface area is 188 Å². The van der Waals surface area contributed by atoms with E-state index in [1.807, 2.05) is 0 Å². The molecule has 1 aliphatic heterocycles. The number of carbonyl (C=O) groups excluding carboxylic acids is 3. The third-order valence-electron chi connectivity index (χ3n) is 4.86. The fourth-order valence-electron chi connectivity index (χ4n) is 2.71. The number of hydrogen-bond acceptors (Lipinski definition) is 6. The van der Waals surface area contributed by atoms with Crippen LogP contribution in [0, 0.1) is 12.3 Å². The van der Waals surface area contributed by atoms with Gasteiger partial charge in [0.2, 0.25) is 21.8 Å². The third-order valence-corrected chi connectivity index (χ3v) is 7.67. The zero-order valence-corrected chi connectivity index (χ0v) is 20.5. The van der Waals surface area contributed by atoms with E-state index in [0.29, 0.717) is 16.3 Å². The van der Waals surface area contributed by atoms with Gasteiger partial charge >= 0.3 is 0 Å². The van der Waals surface area contributed by atoms with Crippen molar-refractivity contribution in [2.24, 2.45) is 5.41 Å². The SMILES string of the molecule is Cc1ccc(S(=O)(=O)N(C)C)cc1NC(=O)[C@H](C)N1C(=O)CS/C1=C\C(=O)C(C)(C)C. The lowest BCUT2D eigenvalue weighted by molar-refractivity contribution is -0.132. The summed E-state index contributed by atoms with van der Waals surface area (Å²) in [7, 11) is -0.806. The van der Waals surface area contributed by atoms with Gasteiger partial charge in [-0.25, -0.2) is 12.7 Å². The number of ketones is 1.